The van der Waals surface area contributed by atoms with Crippen LogP contribution in [-0.2, 0) is 9.53 Å². The van der Waals surface area contributed by atoms with E-state index in [1.54, 1.807) is 13.0 Å². The smallest absolute Gasteiger partial charge is 0.330 e. The minimum atomic E-state index is -0.252. The standard InChI is InChI=1S/C11H16O2/c1-2-13-11(12)9-5-8-10-6-3-4-7-10/h5,8-9H,2-4,6-7H2,1H3. The average Bonchev–Trinajstić information content (AvgIpc) is 2.57. The van der Waals surface area contributed by atoms with Crippen LogP contribution in [0.3, 0.4) is 0 Å². The maximum absolute atomic E-state index is 10.9. The predicted molar refractivity (Wildman–Crippen MR) is 52.3 cm³/mol. The van der Waals surface area contributed by atoms with Crippen LogP contribution in [0.5, 0.6) is 0 Å². The summed E-state index contributed by atoms with van der Waals surface area (Å²) in [6, 6.07) is 0. The molecule has 0 bridgehead atoms. The Balaban J connectivity index is 2.31. The van der Waals surface area contributed by atoms with E-state index in [2.05, 4.69) is 0 Å². The molecule has 0 heterocycles. The van der Waals surface area contributed by atoms with Crippen LogP contribution in [0.1, 0.15) is 32.6 Å². The van der Waals surface area contributed by atoms with Crippen LogP contribution in [-0.4, -0.2) is 12.6 Å². The predicted octanol–water partition coefficient (Wildman–Crippen LogP) is 2.61. The molecule has 1 fully saturated rings. The van der Waals surface area contributed by atoms with E-state index in [-0.39, 0.29) is 5.97 Å². The highest BCUT2D eigenvalue weighted by Crippen LogP contribution is 2.23. The Morgan fingerprint density at radius 1 is 1.46 bits per heavy atom. The minimum Gasteiger partial charge on any atom is -0.463 e. The van der Waals surface area contributed by atoms with Crippen molar-refractivity contribution in [3.05, 3.63) is 23.8 Å². The monoisotopic (exact) mass is 180 g/mol. The first kappa shape index (κ1) is 10.0. The summed E-state index contributed by atoms with van der Waals surface area (Å²) in [5.74, 6) is -0.252. The number of esters is 1. The molecule has 0 aromatic rings. The minimum absolute atomic E-state index is 0.252. The Morgan fingerprint density at radius 2 is 2.15 bits per heavy atom. The third kappa shape index (κ3) is 3.92. The summed E-state index contributed by atoms with van der Waals surface area (Å²) in [5, 5.41) is 0. The van der Waals surface area contributed by atoms with Crippen LogP contribution in [0.25, 0.3) is 0 Å². The molecule has 0 N–H and O–H groups in total. The lowest BCUT2D eigenvalue weighted by Crippen LogP contribution is -1.98. The summed E-state index contributed by atoms with van der Waals surface area (Å²) in [4.78, 5) is 10.9. The van der Waals surface area contributed by atoms with Gasteiger partial charge in [0.25, 0.3) is 0 Å². The molecule has 0 aromatic heterocycles. The topological polar surface area (TPSA) is 26.3 Å². The lowest BCUT2D eigenvalue weighted by atomic mass is 10.2. The second-order valence-electron chi connectivity index (χ2n) is 3.14. The number of allylic oxidation sites excluding steroid dienone is 3. The number of hydrogen-bond acceptors (Lipinski definition) is 2. The molecule has 0 amide bonds. The van der Waals surface area contributed by atoms with Gasteiger partial charge < -0.3 is 4.74 Å². The van der Waals surface area contributed by atoms with E-state index in [1.807, 2.05) is 6.08 Å². The second-order valence-corrected chi connectivity index (χ2v) is 3.14. The van der Waals surface area contributed by atoms with Gasteiger partial charge in [0, 0.05) is 6.08 Å². The van der Waals surface area contributed by atoms with Crippen molar-refractivity contribution in [1.29, 1.82) is 0 Å². The summed E-state index contributed by atoms with van der Waals surface area (Å²) in [6.45, 7) is 2.25. The number of ether oxygens (including phenoxy) is 1. The molecule has 0 radical (unpaired) electrons. The van der Waals surface area contributed by atoms with Crippen molar-refractivity contribution in [2.45, 2.75) is 32.6 Å². The molecule has 2 heteroatoms. The summed E-state index contributed by atoms with van der Waals surface area (Å²) < 4.78 is 4.75. The van der Waals surface area contributed by atoms with Crippen LogP contribution in [0.4, 0.5) is 0 Å². The van der Waals surface area contributed by atoms with Gasteiger partial charge in [-0.25, -0.2) is 4.79 Å². The molecule has 72 valence electrons. The first-order valence-electron chi connectivity index (χ1n) is 4.86. The maximum Gasteiger partial charge on any atom is 0.330 e. The van der Waals surface area contributed by atoms with E-state index >= 15 is 0 Å². The van der Waals surface area contributed by atoms with Crippen LogP contribution < -0.4 is 0 Å². The molecular formula is C11H16O2. The molecule has 0 atom stereocenters. The zero-order chi connectivity index (χ0) is 9.52. The highest BCUT2D eigenvalue weighted by atomic mass is 16.5. The Labute approximate surface area is 79.3 Å². The molecular weight excluding hydrogens is 164 g/mol. The fourth-order valence-corrected chi connectivity index (χ4v) is 1.45. The molecule has 2 nitrogen and oxygen atoms in total. The van der Waals surface area contributed by atoms with E-state index < -0.39 is 0 Å². The molecule has 0 spiro atoms. The number of carbonyl (C=O) groups excluding carboxylic acids is 1. The summed E-state index contributed by atoms with van der Waals surface area (Å²) in [7, 11) is 0. The Kier molecular flexibility index (Phi) is 4.30. The first-order chi connectivity index (χ1) is 6.33. The van der Waals surface area contributed by atoms with Gasteiger partial charge in [-0.05, 0) is 32.6 Å². The Morgan fingerprint density at radius 3 is 2.77 bits per heavy atom. The van der Waals surface area contributed by atoms with Gasteiger partial charge in [0.1, 0.15) is 0 Å². The fourth-order valence-electron chi connectivity index (χ4n) is 1.45. The first-order valence-corrected chi connectivity index (χ1v) is 4.86. The van der Waals surface area contributed by atoms with E-state index in [0.29, 0.717) is 6.61 Å². The van der Waals surface area contributed by atoms with Crippen LogP contribution in [0.2, 0.25) is 0 Å². The Hall–Kier alpha value is -1.05. The molecule has 1 aliphatic carbocycles. The fraction of sp³-hybridized carbons (Fsp3) is 0.545. The van der Waals surface area contributed by atoms with Gasteiger partial charge in [-0.3, -0.25) is 0 Å². The van der Waals surface area contributed by atoms with E-state index in [9.17, 15) is 4.79 Å². The third-order valence-electron chi connectivity index (χ3n) is 2.10. The van der Waals surface area contributed by atoms with Crippen LogP contribution >= 0.6 is 0 Å². The Bertz CT molecular complexity index is 218. The number of rotatable bonds is 3. The van der Waals surface area contributed by atoms with Crippen molar-refractivity contribution in [3.8, 4) is 0 Å². The number of carbonyl (C=O) groups is 1. The van der Waals surface area contributed by atoms with E-state index in [1.165, 1.54) is 37.3 Å². The van der Waals surface area contributed by atoms with Gasteiger partial charge in [0.15, 0.2) is 0 Å². The zero-order valence-corrected chi connectivity index (χ0v) is 8.08. The molecule has 1 rings (SSSR count). The van der Waals surface area contributed by atoms with Gasteiger partial charge in [0.05, 0.1) is 6.61 Å². The second kappa shape index (κ2) is 5.57. The van der Waals surface area contributed by atoms with Gasteiger partial charge >= 0.3 is 5.97 Å². The molecule has 0 aromatic carbocycles. The highest BCUT2D eigenvalue weighted by Gasteiger charge is 2.04. The van der Waals surface area contributed by atoms with Crippen molar-refractivity contribution in [2.75, 3.05) is 6.61 Å². The van der Waals surface area contributed by atoms with Crippen molar-refractivity contribution in [2.24, 2.45) is 0 Å². The SMILES string of the molecule is CCOC(=O)C=CC=C1CCCC1. The van der Waals surface area contributed by atoms with Gasteiger partial charge in [-0.2, -0.15) is 0 Å². The average molecular weight is 180 g/mol. The van der Waals surface area contributed by atoms with Crippen molar-refractivity contribution < 1.29 is 9.53 Å². The summed E-state index contributed by atoms with van der Waals surface area (Å²) in [5.41, 5.74) is 1.44. The highest BCUT2D eigenvalue weighted by molar-refractivity contribution is 5.82. The largest absolute Gasteiger partial charge is 0.463 e. The molecule has 0 saturated heterocycles. The number of hydrogen-bond donors (Lipinski definition) is 0. The van der Waals surface area contributed by atoms with Gasteiger partial charge in [-0.15, -0.1) is 0 Å². The molecule has 0 unspecified atom stereocenters. The molecule has 0 aliphatic heterocycles. The van der Waals surface area contributed by atoms with Crippen molar-refractivity contribution in [3.63, 3.8) is 0 Å². The normalized spacial score (nSPS) is 16.5. The summed E-state index contributed by atoms with van der Waals surface area (Å²) in [6.07, 6.45) is 10.3. The quantitative estimate of drug-likeness (QED) is 0.493. The molecule has 13 heavy (non-hydrogen) atoms. The summed E-state index contributed by atoms with van der Waals surface area (Å²) >= 11 is 0. The lowest BCUT2D eigenvalue weighted by molar-refractivity contribution is -0.137. The van der Waals surface area contributed by atoms with Crippen LogP contribution in [0.15, 0.2) is 23.8 Å². The van der Waals surface area contributed by atoms with E-state index in [0.717, 1.165) is 0 Å². The van der Waals surface area contributed by atoms with E-state index in [4.69, 9.17) is 4.74 Å². The van der Waals surface area contributed by atoms with Gasteiger partial charge in [-0.1, -0.05) is 17.7 Å². The van der Waals surface area contributed by atoms with Crippen LogP contribution in [0, 0.1) is 0 Å². The third-order valence-corrected chi connectivity index (χ3v) is 2.10. The molecule has 1 aliphatic rings. The molecule has 1 saturated carbocycles. The van der Waals surface area contributed by atoms with Crippen molar-refractivity contribution in [1.82, 2.24) is 0 Å². The lowest BCUT2D eigenvalue weighted by Gasteiger charge is -1.93. The maximum atomic E-state index is 10.9. The van der Waals surface area contributed by atoms with Gasteiger partial charge in [0.2, 0.25) is 0 Å². The zero-order valence-electron chi connectivity index (χ0n) is 8.08. The van der Waals surface area contributed by atoms with Crippen molar-refractivity contribution >= 4 is 5.97 Å².